The van der Waals surface area contributed by atoms with Gasteiger partial charge < -0.3 is 15.6 Å². The van der Waals surface area contributed by atoms with E-state index in [0.29, 0.717) is 17.5 Å². The molecule has 0 fully saturated rings. The van der Waals surface area contributed by atoms with Crippen molar-refractivity contribution in [1.82, 2.24) is 9.97 Å². The molecular formula is C27H33N4O5S2+. The third kappa shape index (κ3) is 4.55. The molecule has 0 radical (unpaired) electrons. The van der Waals surface area contributed by atoms with E-state index in [1.54, 1.807) is 14.0 Å². The Morgan fingerprint density at radius 1 is 1.21 bits per heavy atom. The van der Waals surface area contributed by atoms with Crippen LogP contribution in [-0.4, -0.2) is 44.6 Å². The number of imidazole rings is 1. The Labute approximate surface area is 229 Å². The molecule has 9 nitrogen and oxygen atoms in total. The Kier molecular flexibility index (Phi) is 7.07. The van der Waals surface area contributed by atoms with Gasteiger partial charge in [0.05, 0.1) is 25.5 Å². The van der Waals surface area contributed by atoms with E-state index >= 15 is 0 Å². The number of ether oxygens (including phenoxy) is 1. The van der Waals surface area contributed by atoms with Crippen molar-refractivity contribution in [3.63, 3.8) is 0 Å². The number of carbonyl (C=O) groups excluding carboxylic acids is 2. The average Bonchev–Trinajstić information content (AvgIpc) is 3.30. The Morgan fingerprint density at radius 2 is 1.84 bits per heavy atom. The Balaban J connectivity index is 1.74. The summed E-state index contributed by atoms with van der Waals surface area (Å²) >= 11 is 0. The van der Waals surface area contributed by atoms with Crippen molar-refractivity contribution in [2.24, 2.45) is 5.73 Å². The number of nitrogens with one attached hydrogen (secondary N) is 1. The zero-order valence-corrected chi connectivity index (χ0v) is 24.2. The lowest BCUT2D eigenvalue weighted by molar-refractivity contribution is -0.610. The van der Waals surface area contributed by atoms with Crippen LogP contribution in [0.5, 0.6) is 5.75 Å². The van der Waals surface area contributed by atoms with Crippen LogP contribution in [0.1, 0.15) is 63.4 Å². The molecule has 0 aliphatic heterocycles. The van der Waals surface area contributed by atoms with Crippen LogP contribution in [0.4, 0.5) is 0 Å². The van der Waals surface area contributed by atoms with E-state index in [2.05, 4.69) is 4.98 Å². The first kappa shape index (κ1) is 28.0. The van der Waals surface area contributed by atoms with Crippen molar-refractivity contribution in [3.05, 3.63) is 46.8 Å². The fourth-order valence-electron chi connectivity index (χ4n) is 5.16. The molecule has 4 rings (SSSR count). The highest BCUT2D eigenvalue weighted by Gasteiger charge is 2.51. The maximum atomic E-state index is 13.1. The molecule has 1 amide bonds. The number of hydrogen-bond acceptors (Lipinski definition) is 7. The number of rotatable bonds is 9. The van der Waals surface area contributed by atoms with Crippen molar-refractivity contribution in [2.75, 3.05) is 7.11 Å². The quantitative estimate of drug-likeness (QED) is 0.266. The first-order valence-corrected chi connectivity index (χ1v) is 14.5. The molecule has 11 heteroatoms. The molecule has 0 bridgehead atoms. The van der Waals surface area contributed by atoms with Crippen LogP contribution in [0.3, 0.4) is 0 Å². The smallest absolute Gasteiger partial charge is 0.402 e. The summed E-state index contributed by atoms with van der Waals surface area (Å²) in [6.45, 7) is 11.3. The van der Waals surface area contributed by atoms with Gasteiger partial charge in [-0.1, -0.05) is 26.6 Å². The van der Waals surface area contributed by atoms with Crippen LogP contribution in [0.25, 0.3) is 17.0 Å². The highest BCUT2D eigenvalue weighted by molar-refractivity contribution is 8.77. The van der Waals surface area contributed by atoms with E-state index < -0.39 is 27.5 Å². The third-order valence-electron chi connectivity index (χ3n) is 7.46. The third-order valence-corrected chi connectivity index (χ3v) is 10.5. The molecule has 1 unspecified atom stereocenters. The molecule has 1 aliphatic carbocycles. The number of aromatic amines is 1. The largest absolute Gasteiger partial charge is 0.496 e. The van der Waals surface area contributed by atoms with Gasteiger partial charge in [0.1, 0.15) is 21.7 Å². The van der Waals surface area contributed by atoms with E-state index in [0.717, 1.165) is 44.2 Å². The van der Waals surface area contributed by atoms with E-state index in [-0.39, 0.29) is 12.2 Å². The number of hydrogen-bond donors (Lipinski definition) is 3. The fourth-order valence-corrected chi connectivity index (χ4v) is 7.92. The minimum absolute atomic E-state index is 0.190. The summed E-state index contributed by atoms with van der Waals surface area (Å²) in [5.41, 5.74) is 9.67. The minimum Gasteiger partial charge on any atom is -0.496 e. The van der Waals surface area contributed by atoms with Gasteiger partial charge in [-0.05, 0) is 64.8 Å². The second kappa shape index (κ2) is 9.60. The molecule has 0 saturated heterocycles. The predicted octanol–water partition coefficient (Wildman–Crippen LogP) is 3.89. The second-order valence-electron chi connectivity index (χ2n) is 10.9. The van der Waals surface area contributed by atoms with E-state index in [1.165, 1.54) is 10.8 Å². The molecular weight excluding hydrogens is 524 g/mol. The van der Waals surface area contributed by atoms with Crippen LogP contribution < -0.4 is 15.0 Å². The Hall–Kier alpha value is -3.05. The predicted molar refractivity (Wildman–Crippen MR) is 149 cm³/mol. The van der Waals surface area contributed by atoms with Gasteiger partial charge in [-0.3, -0.25) is 14.4 Å². The maximum Gasteiger partial charge on any atom is 0.402 e. The molecule has 1 aromatic carbocycles. The summed E-state index contributed by atoms with van der Waals surface area (Å²) in [6, 6.07) is 5.88. The standard InChI is InChI=1S/C27H32N4O5S2/c1-14-19(13-37-38-27(6,23(28)35)12-21(32)33)31(9-8-20(14)36-7)24-29-17-10-15-16(11-18(17)30-24)26(4,5)22(34)25(15,2)3/h8-11H,12-13H2,1-7H3,(H3-,28,29,30,32,33,35)/p+1. The lowest BCUT2D eigenvalue weighted by atomic mass is 9.80. The number of carboxylic acid groups (broad SMARTS) is 1. The van der Waals surface area contributed by atoms with Crippen LogP contribution in [0.2, 0.25) is 0 Å². The number of primary amides is 1. The first-order valence-electron chi connectivity index (χ1n) is 12.1. The highest BCUT2D eigenvalue weighted by Crippen LogP contribution is 2.47. The molecule has 202 valence electrons. The van der Waals surface area contributed by atoms with Crippen molar-refractivity contribution in [3.8, 4) is 11.7 Å². The van der Waals surface area contributed by atoms with E-state index in [4.69, 9.17) is 15.5 Å². The molecule has 38 heavy (non-hydrogen) atoms. The Morgan fingerprint density at radius 3 is 2.42 bits per heavy atom. The molecule has 1 aliphatic rings. The molecule has 3 aromatic rings. The van der Waals surface area contributed by atoms with E-state index in [9.17, 15) is 19.5 Å². The van der Waals surface area contributed by atoms with Gasteiger partial charge in [0.25, 0.3) is 0 Å². The topological polar surface area (TPSA) is 139 Å². The highest BCUT2D eigenvalue weighted by atomic mass is 33.1. The van der Waals surface area contributed by atoms with Crippen LogP contribution in [0.15, 0.2) is 24.4 Å². The number of aliphatic carboxylic acids is 1. The lowest BCUT2D eigenvalue weighted by Gasteiger charge is -2.22. The number of carboxylic acids is 1. The number of nitrogens with two attached hydrogens (primary N) is 1. The maximum absolute atomic E-state index is 13.1. The van der Waals surface area contributed by atoms with Crippen LogP contribution in [-0.2, 0) is 31.0 Å². The summed E-state index contributed by atoms with van der Waals surface area (Å²) in [4.78, 5) is 44.7. The van der Waals surface area contributed by atoms with E-state index in [1.807, 2.05) is 63.6 Å². The lowest BCUT2D eigenvalue weighted by Crippen LogP contribution is -2.39. The van der Waals surface area contributed by atoms with Gasteiger partial charge in [-0.15, -0.1) is 0 Å². The summed E-state index contributed by atoms with van der Waals surface area (Å²) in [5.74, 6) is 0.146. The number of pyridine rings is 1. The molecule has 2 heterocycles. The van der Waals surface area contributed by atoms with Crippen molar-refractivity contribution >= 4 is 50.3 Å². The Bertz CT molecular complexity index is 1420. The number of H-pyrrole nitrogens is 1. The number of methoxy groups -OCH3 is 1. The number of carbonyl (C=O) groups is 3. The molecule has 0 saturated carbocycles. The average molecular weight is 558 g/mol. The van der Waals surface area contributed by atoms with Crippen molar-refractivity contribution in [2.45, 2.75) is 69.3 Å². The minimum atomic E-state index is -1.26. The van der Waals surface area contributed by atoms with Crippen molar-refractivity contribution < 1.29 is 28.8 Å². The summed E-state index contributed by atoms with van der Waals surface area (Å²) in [5, 5.41) is 9.25. The summed E-state index contributed by atoms with van der Waals surface area (Å²) < 4.78 is 6.21. The SMILES string of the molecule is COc1cc[n+](-c2nc3cc4c(cc3[nH]2)C(C)(C)C(=O)C4(C)C)c(CSSC(C)(CC(=O)O)C(N)=O)c1C. The van der Waals surface area contributed by atoms with Gasteiger partial charge in [0.2, 0.25) is 5.91 Å². The number of Topliss-reactive ketones (excluding diaryl/α,β-unsaturated/α-hetero) is 1. The van der Waals surface area contributed by atoms with Crippen LogP contribution in [0, 0.1) is 6.92 Å². The molecule has 4 N–H and O–H groups in total. The fraction of sp³-hybridized carbons (Fsp3) is 0.444. The molecule has 1 atom stereocenters. The van der Waals surface area contributed by atoms with Gasteiger partial charge >= 0.3 is 11.9 Å². The zero-order valence-electron chi connectivity index (χ0n) is 22.6. The number of ketones is 1. The monoisotopic (exact) mass is 557 g/mol. The van der Waals surface area contributed by atoms with Crippen LogP contribution >= 0.6 is 21.6 Å². The number of aromatic nitrogens is 3. The van der Waals surface area contributed by atoms with Gasteiger partial charge in [-0.2, -0.15) is 0 Å². The first-order chi connectivity index (χ1) is 17.6. The zero-order chi connectivity index (χ0) is 28.2. The number of nitrogens with zero attached hydrogens (tertiary/aromatic N) is 2. The van der Waals surface area contributed by atoms with Crippen molar-refractivity contribution in [1.29, 1.82) is 0 Å². The van der Waals surface area contributed by atoms with Gasteiger partial charge in [0.15, 0.2) is 11.3 Å². The number of fused-ring (bicyclic) bond motifs is 2. The molecule has 0 spiro atoms. The number of benzene rings is 1. The second-order valence-corrected chi connectivity index (χ2v) is 13.7. The van der Waals surface area contributed by atoms with Gasteiger partial charge in [-0.25, -0.2) is 9.55 Å². The summed E-state index contributed by atoms with van der Waals surface area (Å²) in [7, 11) is 4.09. The normalized spacial score (nSPS) is 17.3. The summed E-state index contributed by atoms with van der Waals surface area (Å²) in [6.07, 6.45) is 1.49. The van der Waals surface area contributed by atoms with Gasteiger partial charge in [0, 0.05) is 22.5 Å². The number of amides is 1. The molecule has 2 aromatic heterocycles.